The number of nitrogens with zero attached hydrogens (tertiary/aromatic N) is 3. The van der Waals surface area contributed by atoms with Crippen molar-refractivity contribution in [2.45, 2.75) is 0 Å². The maximum Gasteiger partial charge on any atom is 0.262 e. The van der Waals surface area contributed by atoms with Gasteiger partial charge in [-0.25, -0.2) is 0 Å². The number of benzene rings is 1. The Kier molecular flexibility index (Phi) is 4.11. The molecule has 0 unspecified atom stereocenters. The van der Waals surface area contributed by atoms with Crippen molar-refractivity contribution in [1.29, 1.82) is 0 Å². The molecule has 0 aliphatic carbocycles. The second kappa shape index (κ2) is 6.23. The Balaban J connectivity index is 1.87. The fraction of sp³-hybridized carbons (Fsp3) is 0.312. The Labute approximate surface area is 139 Å². The molecule has 0 bridgehead atoms. The van der Waals surface area contributed by atoms with Crippen molar-refractivity contribution in [3.63, 3.8) is 0 Å². The number of hydrogen-bond acceptors (Lipinski definition) is 5. The second-order valence-corrected chi connectivity index (χ2v) is 5.47. The molecule has 0 atom stereocenters. The van der Waals surface area contributed by atoms with Gasteiger partial charge in [-0.05, 0) is 18.2 Å². The van der Waals surface area contributed by atoms with Crippen LogP contribution in [0, 0.1) is 0 Å². The van der Waals surface area contributed by atoms with Crippen LogP contribution in [0.15, 0.2) is 24.4 Å². The molecule has 0 spiro atoms. The topological polar surface area (TPSA) is 85.7 Å². The van der Waals surface area contributed by atoms with E-state index >= 15 is 0 Å². The van der Waals surface area contributed by atoms with Gasteiger partial charge in [-0.2, -0.15) is 0 Å². The highest BCUT2D eigenvalue weighted by molar-refractivity contribution is 6.06. The summed E-state index contributed by atoms with van der Waals surface area (Å²) in [6.45, 7) is 0.954. The number of rotatable bonds is 3. The number of fused-ring (bicyclic) bond motifs is 1. The van der Waals surface area contributed by atoms with Crippen LogP contribution < -0.4 is 14.8 Å². The molecule has 1 aliphatic rings. The average Bonchev–Trinajstić information content (AvgIpc) is 2.89. The Bertz CT molecular complexity index is 799. The highest BCUT2D eigenvalue weighted by Gasteiger charge is 2.22. The standard InChI is InChI=1S/C16H18N4O4/c1-19-6-7-24-13-5-4-10(8-11(13)16(19)22)17-14(21)12-9-20(2)18-15(12)23-3/h4-5,8-9H,6-7H2,1-3H3,(H,17,21). The van der Waals surface area contributed by atoms with Crippen LogP contribution in [0.4, 0.5) is 5.69 Å². The van der Waals surface area contributed by atoms with Crippen LogP contribution in [0.5, 0.6) is 11.6 Å². The Morgan fingerprint density at radius 3 is 2.92 bits per heavy atom. The zero-order chi connectivity index (χ0) is 17.3. The SMILES string of the molecule is COc1nn(C)cc1C(=O)Nc1ccc2c(c1)C(=O)N(C)CCO2. The molecule has 0 saturated carbocycles. The average molecular weight is 330 g/mol. The third-order valence-electron chi connectivity index (χ3n) is 3.73. The molecule has 2 amide bonds. The molecule has 0 saturated heterocycles. The molecule has 1 aromatic heterocycles. The summed E-state index contributed by atoms with van der Waals surface area (Å²) in [6, 6.07) is 4.99. The molecule has 2 heterocycles. The summed E-state index contributed by atoms with van der Waals surface area (Å²) >= 11 is 0. The summed E-state index contributed by atoms with van der Waals surface area (Å²) in [5, 5.41) is 6.80. The predicted octanol–water partition coefficient (Wildman–Crippen LogP) is 1.15. The zero-order valence-corrected chi connectivity index (χ0v) is 13.7. The zero-order valence-electron chi connectivity index (χ0n) is 13.7. The van der Waals surface area contributed by atoms with Gasteiger partial charge in [0.05, 0.1) is 19.2 Å². The number of anilines is 1. The minimum absolute atomic E-state index is 0.141. The second-order valence-electron chi connectivity index (χ2n) is 5.47. The van der Waals surface area contributed by atoms with E-state index in [1.807, 2.05) is 0 Å². The summed E-state index contributed by atoms with van der Waals surface area (Å²) in [6.07, 6.45) is 1.57. The van der Waals surface area contributed by atoms with E-state index in [9.17, 15) is 9.59 Å². The first-order valence-corrected chi connectivity index (χ1v) is 7.41. The minimum atomic E-state index is -0.366. The van der Waals surface area contributed by atoms with E-state index in [1.165, 1.54) is 11.8 Å². The first-order valence-electron chi connectivity index (χ1n) is 7.41. The molecule has 1 aromatic carbocycles. The normalized spacial score (nSPS) is 13.8. The lowest BCUT2D eigenvalue weighted by atomic mass is 10.1. The molecule has 2 aromatic rings. The van der Waals surface area contributed by atoms with Crippen LogP contribution in [0.1, 0.15) is 20.7 Å². The summed E-state index contributed by atoms with van der Waals surface area (Å²) < 4.78 is 12.2. The van der Waals surface area contributed by atoms with E-state index in [0.717, 1.165) is 0 Å². The van der Waals surface area contributed by atoms with Crippen molar-refractivity contribution >= 4 is 17.5 Å². The molecule has 24 heavy (non-hydrogen) atoms. The van der Waals surface area contributed by atoms with Crippen molar-refractivity contribution in [3.05, 3.63) is 35.5 Å². The minimum Gasteiger partial charge on any atom is -0.491 e. The van der Waals surface area contributed by atoms with Crippen LogP contribution >= 0.6 is 0 Å². The molecule has 3 rings (SSSR count). The summed E-state index contributed by atoms with van der Waals surface area (Å²) in [5.41, 5.74) is 1.23. The van der Waals surface area contributed by atoms with Gasteiger partial charge in [0.15, 0.2) is 0 Å². The highest BCUT2D eigenvalue weighted by atomic mass is 16.5. The largest absolute Gasteiger partial charge is 0.491 e. The smallest absolute Gasteiger partial charge is 0.262 e. The van der Waals surface area contributed by atoms with Gasteiger partial charge in [-0.3, -0.25) is 14.3 Å². The van der Waals surface area contributed by atoms with E-state index in [4.69, 9.17) is 9.47 Å². The van der Waals surface area contributed by atoms with Crippen molar-refractivity contribution < 1.29 is 19.1 Å². The number of aromatic nitrogens is 2. The fourth-order valence-electron chi connectivity index (χ4n) is 2.47. The number of methoxy groups -OCH3 is 1. The number of carbonyl (C=O) groups excluding carboxylic acids is 2. The lowest BCUT2D eigenvalue weighted by Gasteiger charge is -2.13. The predicted molar refractivity (Wildman–Crippen MR) is 86.6 cm³/mol. The van der Waals surface area contributed by atoms with Crippen molar-refractivity contribution in [2.24, 2.45) is 7.05 Å². The van der Waals surface area contributed by atoms with Gasteiger partial charge < -0.3 is 19.7 Å². The maximum atomic E-state index is 12.4. The van der Waals surface area contributed by atoms with Crippen molar-refractivity contribution in [1.82, 2.24) is 14.7 Å². The van der Waals surface area contributed by atoms with E-state index in [0.29, 0.717) is 35.7 Å². The number of aryl methyl sites for hydroxylation is 1. The van der Waals surface area contributed by atoms with Crippen LogP contribution in [-0.2, 0) is 7.05 Å². The molecule has 8 heteroatoms. The molecule has 8 nitrogen and oxygen atoms in total. The molecule has 0 radical (unpaired) electrons. The molecule has 1 aliphatic heterocycles. The van der Waals surface area contributed by atoms with Crippen molar-refractivity contribution in [3.8, 4) is 11.6 Å². The number of carbonyl (C=O) groups is 2. The van der Waals surface area contributed by atoms with Crippen LogP contribution in [0.3, 0.4) is 0 Å². The molecular formula is C16H18N4O4. The maximum absolute atomic E-state index is 12.4. The van der Waals surface area contributed by atoms with E-state index in [2.05, 4.69) is 10.4 Å². The number of nitrogens with one attached hydrogen (secondary N) is 1. The number of amides is 2. The van der Waals surface area contributed by atoms with Crippen LogP contribution in [0.25, 0.3) is 0 Å². The summed E-state index contributed by atoms with van der Waals surface area (Å²) in [4.78, 5) is 26.4. The first kappa shape index (κ1) is 15.9. The number of hydrogen-bond donors (Lipinski definition) is 1. The first-order chi connectivity index (χ1) is 11.5. The molecule has 0 fully saturated rings. The Morgan fingerprint density at radius 1 is 1.38 bits per heavy atom. The molecule has 126 valence electrons. The van der Waals surface area contributed by atoms with Gasteiger partial charge in [0.1, 0.15) is 17.9 Å². The number of likely N-dealkylation sites (N-methyl/N-ethyl adjacent to an activating group) is 1. The summed E-state index contributed by atoms with van der Waals surface area (Å²) in [5.74, 6) is 0.248. The van der Waals surface area contributed by atoms with Gasteiger partial charge in [-0.1, -0.05) is 0 Å². The van der Waals surface area contributed by atoms with E-state index in [-0.39, 0.29) is 17.7 Å². The number of ether oxygens (including phenoxy) is 2. The summed E-state index contributed by atoms with van der Waals surface area (Å²) in [7, 11) is 4.87. The van der Waals surface area contributed by atoms with Gasteiger partial charge in [-0.15, -0.1) is 5.10 Å². The Morgan fingerprint density at radius 2 is 2.17 bits per heavy atom. The van der Waals surface area contributed by atoms with Gasteiger partial charge in [0, 0.05) is 26.0 Å². The third-order valence-corrected chi connectivity index (χ3v) is 3.73. The Hall–Kier alpha value is -3.03. The molecular weight excluding hydrogens is 312 g/mol. The quantitative estimate of drug-likeness (QED) is 0.912. The van der Waals surface area contributed by atoms with Crippen LogP contribution in [0.2, 0.25) is 0 Å². The highest BCUT2D eigenvalue weighted by Crippen LogP contribution is 2.27. The van der Waals surface area contributed by atoms with Gasteiger partial charge in [0.25, 0.3) is 11.8 Å². The van der Waals surface area contributed by atoms with Crippen LogP contribution in [-0.4, -0.2) is 53.8 Å². The lowest BCUT2D eigenvalue weighted by molar-refractivity contribution is 0.0796. The third kappa shape index (κ3) is 2.90. The van der Waals surface area contributed by atoms with Gasteiger partial charge >= 0.3 is 0 Å². The lowest BCUT2D eigenvalue weighted by Crippen LogP contribution is -2.27. The monoisotopic (exact) mass is 330 g/mol. The van der Waals surface area contributed by atoms with E-state index < -0.39 is 0 Å². The fourth-order valence-corrected chi connectivity index (χ4v) is 2.47. The van der Waals surface area contributed by atoms with E-state index in [1.54, 1.807) is 43.4 Å². The van der Waals surface area contributed by atoms with Gasteiger partial charge in [0.2, 0.25) is 5.88 Å². The molecule has 1 N–H and O–H groups in total. The van der Waals surface area contributed by atoms with Crippen molar-refractivity contribution in [2.75, 3.05) is 32.6 Å².